The minimum Gasteiger partial charge on any atom is -0.454 e. The number of allylic oxidation sites excluding steroid dienone is 1. The maximum absolute atomic E-state index is 13.1. The lowest BCUT2D eigenvalue weighted by molar-refractivity contribution is 0.0734. The number of halogens is 1. The van der Waals surface area contributed by atoms with Crippen molar-refractivity contribution in [1.29, 1.82) is 0 Å². The molecule has 5 rings (SSSR count). The summed E-state index contributed by atoms with van der Waals surface area (Å²) in [5.41, 5.74) is 1.95. The molecule has 154 valence electrons. The highest BCUT2D eigenvalue weighted by Gasteiger charge is 2.30. The second-order valence-corrected chi connectivity index (χ2v) is 7.06. The molecule has 6 nitrogen and oxygen atoms in total. The summed E-state index contributed by atoms with van der Waals surface area (Å²) in [6.45, 7) is 1.90. The summed E-state index contributed by atoms with van der Waals surface area (Å²) in [6.07, 6.45) is 1.62. The van der Waals surface area contributed by atoms with E-state index >= 15 is 0 Å². The van der Waals surface area contributed by atoms with Crippen molar-refractivity contribution in [3.05, 3.63) is 88.4 Å². The SMILES string of the molecule is Cc1cc(OC(=O)c2ccc(F)cc2)cc2c1C(=O)/C(=C/c1ccc3c(c1)OCO3)O2. The Morgan fingerprint density at radius 1 is 1.00 bits per heavy atom. The van der Waals surface area contributed by atoms with Gasteiger partial charge in [-0.25, -0.2) is 9.18 Å². The number of hydrogen-bond donors (Lipinski definition) is 0. The summed E-state index contributed by atoms with van der Waals surface area (Å²) in [5.74, 6) is 0.580. The number of Topliss-reactive ketones (excluding diaryl/α,β-unsaturated/α-hetero) is 1. The van der Waals surface area contributed by atoms with Gasteiger partial charge >= 0.3 is 5.97 Å². The van der Waals surface area contributed by atoms with Crippen LogP contribution in [0.5, 0.6) is 23.0 Å². The number of carbonyl (C=O) groups is 2. The number of esters is 1. The van der Waals surface area contributed by atoms with E-state index in [9.17, 15) is 14.0 Å². The van der Waals surface area contributed by atoms with Crippen molar-refractivity contribution >= 4 is 17.8 Å². The van der Waals surface area contributed by atoms with Crippen molar-refractivity contribution in [3.8, 4) is 23.0 Å². The fraction of sp³-hybridized carbons (Fsp3) is 0.0833. The molecular weight excluding hydrogens is 403 g/mol. The van der Waals surface area contributed by atoms with Crippen LogP contribution in [-0.2, 0) is 0 Å². The number of hydrogen-bond acceptors (Lipinski definition) is 6. The zero-order valence-electron chi connectivity index (χ0n) is 16.3. The number of carbonyl (C=O) groups excluding carboxylic acids is 2. The highest BCUT2D eigenvalue weighted by atomic mass is 19.1. The van der Waals surface area contributed by atoms with E-state index in [1.807, 2.05) is 0 Å². The molecular formula is C24H15FO6. The minimum atomic E-state index is -0.639. The lowest BCUT2D eigenvalue weighted by atomic mass is 10.0. The van der Waals surface area contributed by atoms with Crippen molar-refractivity contribution in [1.82, 2.24) is 0 Å². The molecule has 0 aliphatic carbocycles. The molecule has 31 heavy (non-hydrogen) atoms. The van der Waals surface area contributed by atoms with Crippen molar-refractivity contribution < 1.29 is 32.9 Å². The second-order valence-electron chi connectivity index (χ2n) is 7.06. The molecule has 2 heterocycles. The Hall–Kier alpha value is -4.13. The van der Waals surface area contributed by atoms with E-state index in [1.165, 1.54) is 30.3 Å². The van der Waals surface area contributed by atoms with Crippen LogP contribution < -0.4 is 18.9 Å². The quantitative estimate of drug-likeness (QED) is 0.349. The molecule has 0 N–H and O–H groups in total. The van der Waals surface area contributed by atoms with Gasteiger partial charge in [0.15, 0.2) is 17.3 Å². The Morgan fingerprint density at radius 2 is 1.77 bits per heavy atom. The van der Waals surface area contributed by atoms with Crippen LogP contribution in [0.15, 0.2) is 60.4 Å². The largest absolute Gasteiger partial charge is 0.454 e. The lowest BCUT2D eigenvalue weighted by Gasteiger charge is -2.07. The molecule has 0 spiro atoms. The number of ether oxygens (including phenoxy) is 4. The summed E-state index contributed by atoms with van der Waals surface area (Å²) in [5, 5.41) is 0. The molecule has 0 radical (unpaired) electrons. The zero-order chi connectivity index (χ0) is 21.5. The maximum Gasteiger partial charge on any atom is 0.343 e. The van der Waals surface area contributed by atoms with Gasteiger partial charge in [0.25, 0.3) is 0 Å². The van der Waals surface area contributed by atoms with Gasteiger partial charge < -0.3 is 18.9 Å². The summed E-state index contributed by atoms with van der Waals surface area (Å²) in [6, 6.07) is 13.4. The number of benzene rings is 3. The first-order chi connectivity index (χ1) is 15.0. The topological polar surface area (TPSA) is 71.1 Å². The third-order valence-electron chi connectivity index (χ3n) is 4.93. The maximum atomic E-state index is 13.1. The van der Waals surface area contributed by atoms with Gasteiger partial charge in [-0.2, -0.15) is 0 Å². The minimum absolute atomic E-state index is 0.152. The molecule has 2 aliphatic rings. The molecule has 0 unspecified atom stereocenters. The van der Waals surface area contributed by atoms with Gasteiger partial charge in [0.05, 0.1) is 11.1 Å². The van der Waals surface area contributed by atoms with Crippen LogP contribution in [0.25, 0.3) is 6.08 Å². The van der Waals surface area contributed by atoms with Crippen molar-refractivity contribution in [2.75, 3.05) is 6.79 Å². The van der Waals surface area contributed by atoms with Crippen LogP contribution in [0.4, 0.5) is 4.39 Å². The van der Waals surface area contributed by atoms with E-state index in [-0.39, 0.29) is 29.6 Å². The van der Waals surface area contributed by atoms with Crippen molar-refractivity contribution in [2.24, 2.45) is 0 Å². The van der Waals surface area contributed by atoms with Gasteiger partial charge in [0.2, 0.25) is 12.6 Å². The lowest BCUT2D eigenvalue weighted by Crippen LogP contribution is -2.08. The van der Waals surface area contributed by atoms with Crippen LogP contribution >= 0.6 is 0 Å². The molecule has 0 amide bonds. The molecule has 3 aromatic rings. The fourth-order valence-corrected chi connectivity index (χ4v) is 3.44. The number of ketones is 1. The third-order valence-corrected chi connectivity index (χ3v) is 4.93. The van der Waals surface area contributed by atoms with Crippen molar-refractivity contribution in [3.63, 3.8) is 0 Å². The van der Waals surface area contributed by atoms with Crippen LogP contribution in [-0.4, -0.2) is 18.5 Å². The second kappa shape index (κ2) is 7.28. The van der Waals surface area contributed by atoms with Gasteiger partial charge in [0.1, 0.15) is 17.3 Å². The van der Waals surface area contributed by atoms with E-state index < -0.39 is 11.8 Å². The molecule has 0 saturated heterocycles. The average Bonchev–Trinajstić information content (AvgIpc) is 3.33. The smallest absolute Gasteiger partial charge is 0.343 e. The van der Waals surface area contributed by atoms with Crippen molar-refractivity contribution in [2.45, 2.75) is 6.92 Å². The van der Waals surface area contributed by atoms with Gasteiger partial charge in [-0.1, -0.05) is 6.07 Å². The summed E-state index contributed by atoms with van der Waals surface area (Å²) < 4.78 is 34.9. The van der Waals surface area contributed by atoms with E-state index in [1.54, 1.807) is 37.3 Å². The van der Waals surface area contributed by atoms with Crippen LogP contribution in [0.1, 0.15) is 31.8 Å². The molecule has 0 saturated carbocycles. The Bertz CT molecular complexity index is 1260. The first-order valence-electron chi connectivity index (χ1n) is 9.44. The number of aryl methyl sites for hydroxylation is 1. The molecule has 7 heteroatoms. The first kappa shape index (κ1) is 18.9. The Morgan fingerprint density at radius 3 is 2.58 bits per heavy atom. The van der Waals surface area contributed by atoms with Crippen LogP contribution in [0, 0.1) is 12.7 Å². The van der Waals surface area contributed by atoms with Crippen LogP contribution in [0.2, 0.25) is 0 Å². The summed E-state index contributed by atoms with van der Waals surface area (Å²) >= 11 is 0. The Balaban J connectivity index is 1.40. The van der Waals surface area contributed by atoms with Crippen LogP contribution in [0.3, 0.4) is 0 Å². The number of fused-ring (bicyclic) bond motifs is 2. The first-order valence-corrected chi connectivity index (χ1v) is 9.44. The Kier molecular flexibility index (Phi) is 4.43. The summed E-state index contributed by atoms with van der Waals surface area (Å²) in [7, 11) is 0. The Labute approximate surface area is 176 Å². The zero-order valence-corrected chi connectivity index (χ0v) is 16.3. The number of rotatable bonds is 3. The fourth-order valence-electron chi connectivity index (χ4n) is 3.44. The van der Waals surface area contributed by atoms with Gasteiger partial charge in [-0.3, -0.25) is 4.79 Å². The monoisotopic (exact) mass is 418 g/mol. The predicted octanol–water partition coefficient (Wildman–Crippen LogP) is 4.70. The molecule has 2 aliphatic heterocycles. The van der Waals surface area contributed by atoms with E-state index in [0.29, 0.717) is 28.4 Å². The average molecular weight is 418 g/mol. The molecule has 3 aromatic carbocycles. The van der Waals surface area contributed by atoms with Gasteiger partial charge in [-0.15, -0.1) is 0 Å². The highest BCUT2D eigenvalue weighted by Crippen LogP contribution is 2.39. The van der Waals surface area contributed by atoms with E-state index in [4.69, 9.17) is 18.9 Å². The van der Waals surface area contributed by atoms with Gasteiger partial charge in [-0.05, 0) is 66.6 Å². The third kappa shape index (κ3) is 3.50. The summed E-state index contributed by atoms with van der Waals surface area (Å²) in [4.78, 5) is 25.2. The van der Waals surface area contributed by atoms with E-state index in [2.05, 4.69) is 0 Å². The van der Waals surface area contributed by atoms with E-state index in [0.717, 1.165) is 5.56 Å². The normalized spacial score (nSPS) is 15.0. The molecule has 0 aromatic heterocycles. The molecule has 0 atom stereocenters. The van der Waals surface area contributed by atoms with Gasteiger partial charge in [0, 0.05) is 6.07 Å². The standard InChI is InChI=1S/C24H15FO6/c1-13-8-17(30-24(27)15-3-5-16(25)6-4-15)11-20-22(13)23(26)21(31-20)10-14-2-7-18-19(9-14)29-12-28-18/h2-11H,12H2,1H3/b21-10-. The molecule has 0 fully saturated rings. The molecule has 0 bridgehead atoms. The highest BCUT2D eigenvalue weighted by molar-refractivity contribution is 6.15. The predicted molar refractivity (Wildman–Crippen MR) is 108 cm³/mol.